The third kappa shape index (κ3) is 4.99. The van der Waals surface area contributed by atoms with Gasteiger partial charge >= 0.3 is 5.97 Å². The fourth-order valence-corrected chi connectivity index (χ4v) is 4.58. The number of nitrogens with zero attached hydrogens (tertiary/aromatic N) is 3. The van der Waals surface area contributed by atoms with Crippen LogP contribution in [0.1, 0.15) is 50.9 Å². The molecular formula is C28H31N3O4. The van der Waals surface area contributed by atoms with Crippen LogP contribution < -0.4 is 4.90 Å². The Morgan fingerprint density at radius 3 is 2.29 bits per heavy atom. The molecule has 0 N–H and O–H groups in total. The molecule has 7 nitrogen and oxygen atoms in total. The minimum atomic E-state index is -0.411. The molecule has 1 aromatic heterocycles. The maximum Gasteiger partial charge on any atom is 0.306 e. The van der Waals surface area contributed by atoms with Crippen molar-refractivity contribution in [2.45, 2.75) is 45.7 Å². The summed E-state index contributed by atoms with van der Waals surface area (Å²) in [5.74, 6) is -0.839. The SMILES string of the molecule is CCOC(=O)CCC(=O)N(CC(=O)N1c2ccccc2-n2cccc2C1c1ccccc1)C(C)C. The average molecular weight is 474 g/mol. The lowest BCUT2D eigenvalue weighted by atomic mass is 9.97. The van der Waals surface area contributed by atoms with E-state index < -0.39 is 5.97 Å². The van der Waals surface area contributed by atoms with Gasteiger partial charge in [-0.05, 0) is 50.6 Å². The van der Waals surface area contributed by atoms with Gasteiger partial charge in [-0.25, -0.2) is 0 Å². The van der Waals surface area contributed by atoms with E-state index in [-0.39, 0.29) is 49.9 Å². The van der Waals surface area contributed by atoms with E-state index in [0.29, 0.717) is 0 Å². The maximum atomic E-state index is 14.0. The number of carbonyl (C=O) groups excluding carboxylic acids is 3. The molecule has 35 heavy (non-hydrogen) atoms. The van der Waals surface area contributed by atoms with Gasteiger partial charge in [-0.15, -0.1) is 0 Å². The molecule has 2 heterocycles. The number of ether oxygens (including phenoxy) is 1. The third-order valence-corrected chi connectivity index (χ3v) is 6.20. The zero-order chi connectivity index (χ0) is 24.9. The van der Waals surface area contributed by atoms with Crippen molar-refractivity contribution >= 4 is 23.5 Å². The smallest absolute Gasteiger partial charge is 0.306 e. The van der Waals surface area contributed by atoms with Crippen LogP contribution in [0.4, 0.5) is 5.69 Å². The van der Waals surface area contributed by atoms with Crippen LogP contribution in [0.15, 0.2) is 72.9 Å². The van der Waals surface area contributed by atoms with Crippen LogP contribution in [0.5, 0.6) is 0 Å². The summed E-state index contributed by atoms with van der Waals surface area (Å²) in [7, 11) is 0. The van der Waals surface area contributed by atoms with Gasteiger partial charge in [0.1, 0.15) is 12.6 Å². The fourth-order valence-electron chi connectivity index (χ4n) is 4.58. The van der Waals surface area contributed by atoms with Crippen molar-refractivity contribution in [3.05, 3.63) is 84.2 Å². The summed E-state index contributed by atoms with van der Waals surface area (Å²) in [6.45, 7) is 5.67. The third-order valence-electron chi connectivity index (χ3n) is 6.20. The Bertz CT molecular complexity index is 1200. The summed E-state index contributed by atoms with van der Waals surface area (Å²) in [6, 6.07) is 21.2. The summed E-state index contributed by atoms with van der Waals surface area (Å²) < 4.78 is 7.06. The highest BCUT2D eigenvalue weighted by Gasteiger charge is 2.37. The topological polar surface area (TPSA) is 71.8 Å². The van der Waals surface area contributed by atoms with Gasteiger partial charge in [0.05, 0.1) is 30.1 Å². The quantitative estimate of drug-likeness (QED) is 0.452. The highest BCUT2D eigenvalue weighted by atomic mass is 16.5. The van der Waals surface area contributed by atoms with Crippen LogP contribution >= 0.6 is 0 Å². The van der Waals surface area contributed by atoms with Crippen molar-refractivity contribution in [2.75, 3.05) is 18.1 Å². The molecule has 0 radical (unpaired) electrons. The molecule has 7 heteroatoms. The Morgan fingerprint density at radius 2 is 1.60 bits per heavy atom. The van der Waals surface area contributed by atoms with Crippen molar-refractivity contribution in [3.63, 3.8) is 0 Å². The van der Waals surface area contributed by atoms with Gasteiger partial charge in [-0.2, -0.15) is 0 Å². The van der Waals surface area contributed by atoms with Crippen LogP contribution in [0.25, 0.3) is 5.69 Å². The lowest BCUT2D eigenvalue weighted by Gasteiger charge is -2.40. The van der Waals surface area contributed by atoms with E-state index in [9.17, 15) is 14.4 Å². The standard InChI is InChI=1S/C28H31N3O4/c1-4-35-27(34)17-16-25(32)30(20(2)3)19-26(33)31-23-14-9-8-13-22(23)29-18-10-15-24(29)28(31)21-11-6-5-7-12-21/h5-15,18,20,28H,4,16-17,19H2,1-3H3. The molecule has 0 spiro atoms. The van der Waals surface area contributed by atoms with Crippen LogP contribution in [0.2, 0.25) is 0 Å². The van der Waals surface area contributed by atoms with Gasteiger partial charge in [-0.3, -0.25) is 19.3 Å². The van der Waals surface area contributed by atoms with Crippen LogP contribution in [-0.2, 0) is 19.1 Å². The summed E-state index contributed by atoms with van der Waals surface area (Å²) in [5.41, 5.74) is 3.67. The van der Waals surface area contributed by atoms with E-state index in [1.165, 1.54) is 0 Å². The molecule has 182 valence electrons. The highest BCUT2D eigenvalue weighted by molar-refractivity contribution is 6.00. The Hall–Kier alpha value is -3.87. The zero-order valence-electron chi connectivity index (χ0n) is 20.4. The van der Waals surface area contributed by atoms with E-state index >= 15 is 0 Å². The van der Waals surface area contributed by atoms with Crippen molar-refractivity contribution in [1.82, 2.24) is 9.47 Å². The minimum absolute atomic E-state index is 0.00319. The maximum absolute atomic E-state index is 14.0. The Morgan fingerprint density at radius 1 is 0.914 bits per heavy atom. The normalized spacial score (nSPS) is 14.3. The summed E-state index contributed by atoms with van der Waals surface area (Å²) >= 11 is 0. The monoisotopic (exact) mass is 473 g/mol. The number of hydrogen-bond donors (Lipinski definition) is 0. The zero-order valence-corrected chi connectivity index (χ0v) is 20.4. The summed E-state index contributed by atoms with van der Waals surface area (Å²) in [5, 5.41) is 0. The fraction of sp³-hybridized carbons (Fsp3) is 0.321. The number of carbonyl (C=O) groups is 3. The number of rotatable bonds is 8. The molecule has 2 amide bonds. The van der Waals surface area contributed by atoms with Crippen LogP contribution in [-0.4, -0.2) is 46.4 Å². The van der Waals surface area contributed by atoms with Gasteiger partial charge in [0.25, 0.3) is 0 Å². The molecule has 1 aliphatic rings. The molecule has 1 unspecified atom stereocenters. The second-order valence-electron chi connectivity index (χ2n) is 8.79. The molecule has 4 rings (SSSR count). The molecule has 0 bridgehead atoms. The number of amides is 2. The van der Waals surface area contributed by atoms with E-state index in [4.69, 9.17) is 4.74 Å². The van der Waals surface area contributed by atoms with Gasteiger partial charge in [-0.1, -0.05) is 42.5 Å². The molecule has 2 aromatic carbocycles. The van der Waals surface area contributed by atoms with Crippen molar-refractivity contribution in [2.24, 2.45) is 0 Å². The largest absolute Gasteiger partial charge is 0.466 e. The van der Waals surface area contributed by atoms with Crippen LogP contribution in [0, 0.1) is 0 Å². The predicted molar refractivity (Wildman–Crippen MR) is 134 cm³/mol. The van der Waals surface area contributed by atoms with Crippen molar-refractivity contribution in [3.8, 4) is 5.69 Å². The summed E-state index contributed by atoms with van der Waals surface area (Å²) in [6.07, 6.45) is 2.01. The first-order valence-electron chi connectivity index (χ1n) is 12.0. The molecule has 1 aliphatic heterocycles. The van der Waals surface area contributed by atoms with Gasteiger partial charge in [0.2, 0.25) is 11.8 Å². The predicted octanol–water partition coefficient (Wildman–Crippen LogP) is 4.49. The number of para-hydroxylation sites is 2. The Balaban J connectivity index is 1.67. The van der Waals surface area contributed by atoms with Gasteiger partial charge in [0, 0.05) is 18.7 Å². The average Bonchev–Trinajstić information content (AvgIpc) is 3.35. The number of anilines is 1. The second kappa shape index (κ2) is 10.6. The lowest BCUT2D eigenvalue weighted by molar-refractivity contribution is -0.146. The van der Waals surface area contributed by atoms with E-state index in [1.54, 1.807) is 16.7 Å². The minimum Gasteiger partial charge on any atom is -0.466 e. The van der Waals surface area contributed by atoms with Gasteiger partial charge in [0.15, 0.2) is 0 Å². The second-order valence-corrected chi connectivity index (χ2v) is 8.79. The molecular weight excluding hydrogens is 442 g/mol. The van der Waals surface area contributed by atoms with Crippen molar-refractivity contribution < 1.29 is 19.1 Å². The first-order chi connectivity index (χ1) is 16.9. The number of fused-ring (bicyclic) bond motifs is 3. The Labute approximate surface area is 205 Å². The Kier molecular flexibility index (Phi) is 7.34. The molecule has 3 aromatic rings. The van der Waals surface area contributed by atoms with Gasteiger partial charge < -0.3 is 14.2 Å². The van der Waals surface area contributed by atoms with E-state index in [2.05, 4.69) is 4.57 Å². The molecule has 1 atom stereocenters. The molecule has 0 saturated carbocycles. The first kappa shape index (κ1) is 24.3. The lowest BCUT2D eigenvalue weighted by Crippen LogP contribution is -2.48. The van der Waals surface area contributed by atoms with E-state index in [0.717, 1.165) is 22.6 Å². The molecule has 0 saturated heterocycles. The first-order valence-corrected chi connectivity index (χ1v) is 12.0. The van der Waals surface area contributed by atoms with Crippen LogP contribution in [0.3, 0.4) is 0 Å². The highest BCUT2D eigenvalue weighted by Crippen LogP contribution is 2.42. The molecule has 0 aliphatic carbocycles. The number of benzene rings is 2. The van der Waals surface area contributed by atoms with E-state index in [1.807, 2.05) is 86.8 Å². The molecule has 0 fully saturated rings. The van der Waals surface area contributed by atoms with Crippen molar-refractivity contribution in [1.29, 1.82) is 0 Å². The number of hydrogen-bond acceptors (Lipinski definition) is 4. The number of esters is 1. The number of aromatic nitrogens is 1. The summed E-state index contributed by atoms with van der Waals surface area (Å²) in [4.78, 5) is 42.1.